The van der Waals surface area contributed by atoms with E-state index in [9.17, 15) is 4.79 Å². The van der Waals surface area contributed by atoms with Crippen molar-refractivity contribution < 1.29 is 9.32 Å². The minimum atomic E-state index is -0.0827. The van der Waals surface area contributed by atoms with Gasteiger partial charge in [0, 0.05) is 23.7 Å². The Morgan fingerprint density at radius 2 is 2.06 bits per heavy atom. The number of rotatable bonds is 3. The minimum Gasteiger partial charge on any atom is -0.359 e. The van der Waals surface area contributed by atoms with Crippen LogP contribution in [-0.4, -0.2) is 23.0 Å². The molecule has 1 heterocycles. The van der Waals surface area contributed by atoms with E-state index in [1.165, 1.54) is 0 Å². The third-order valence-electron chi connectivity index (χ3n) is 2.51. The van der Waals surface area contributed by atoms with Crippen molar-refractivity contribution in [3.05, 3.63) is 52.4 Å². The summed E-state index contributed by atoms with van der Waals surface area (Å²) in [6.45, 7) is 2.23. The number of halogens is 1. The topological polar surface area (TPSA) is 46.3 Å². The van der Waals surface area contributed by atoms with Gasteiger partial charge in [0.05, 0.1) is 12.2 Å². The summed E-state index contributed by atoms with van der Waals surface area (Å²) in [6.07, 6.45) is 0. The molecule has 0 aliphatic heterocycles. The minimum absolute atomic E-state index is 0.0827. The molecule has 2 aromatic rings. The second-order valence-electron chi connectivity index (χ2n) is 4.10. The second kappa shape index (κ2) is 5.23. The van der Waals surface area contributed by atoms with E-state index in [-0.39, 0.29) is 5.91 Å². The van der Waals surface area contributed by atoms with Gasteiger partial charge in [-0.25, -0.2) is 0 Å². The SMILES string of the molecule is Cc1cc(CN(C)C(=O)c2ccc(Cl)cc2)on1. The van der Waals surface area contributed by atoms with Gasteiger partial charge < -0.3 is 9.42 Å². The molecule has 0 aliphatic carbocycles. The van der Waals surface area contributed by atoms with Crippen LogP contribution in [0.3, 0.4) is 0 Å². The molecule has 0 radical (unpaired) electrons. The van der Waals surface area contributed by atoms with E-state index in [1.807, 2.05) is 13.0 Å². The summed E-state index contributed by atoms with van der Waals surface area (Å²) < 4.78 is 5.08. The lowest BCUT2D eigenvalue weighted by atomic mass is 10.2. The maximum Gasteiger partial charge on any atom is 0.254 e. The van der Waals surface area contributed by atoms with Crippen molar-refractivity contribution in [1.29, 1.82) is 0 Å². The Morgan fingerprint density at radius 1 is 1.39 bits per heavy atom. The van der Waals surface area contributed by atoms with Gasteiger partial charge in [-0.15, -0.1) is 0 Å². The summed E-state index contributed by atoms with van der Waals surface area (Å²) in [5.41, 5.74) is 1.40. The monoisotopic (exact) mass is 264 g/mol. The first-order valence-electron chi connectivity index (χ1n) is 5.49. The normalized spacial score (nSPS) is 10.4. The van der Waals surface area contributed by atoms with Crippen LogP contribution in [0, 0.1) is 6.92 Å². The first-order valence-corrected chi connectivity index (χ1v) is 5.87. The van der Waals surface area contributed by atoms with Gasteiger partial charge in [-0.05, 0) is 31.2 Å². The molecule has 0 fully saturated rings. The second-order valence-corrected chi connectivity index (χ2v) is 4.54. The summed E-state index contributed by atoms with van der Waals surface area (Å²) in [7, 11) is 1.72. The Morgan fingerprint density at radius 3 is 2.61 bits per heavy atom. The van der Waals surface area contributed by atoms with E-state index < -0.39 is 0 Å². The molecule has 2 rings (SSSR count). The first-order chi connectivity index (χ1) is 8.56. The maximum absolute atomic E-state index is 12.1. The first kappa shape index (κ1) is 12.6. The van der Waals surface area contributed by atoms with E-state index in [2.05, 4.69) is 5.16 Å². The van der Waals surface area contributed by atoms with Gasteiger partial charge >= 0.3 is 0 Å². The average Bonchev–Trinajstić information content (AvgIpc) is 2.75. The highest BCUT2D eigenvalue weighted by molar-refractivity contribution is 6.30. The zero-order valence-corrected chi connectivity index (χ0v) is 10.9. The van der Waals surface area contributed by atoms with Crippen LogP contribution in [-0.2, 0) is 6.54 Å². The molecule has 0 saturated heterocycles. The van der Waals surface area contributed by atoms with Crippen molar-refractivity contribution in [3.63, 3.8) is 0 Å². The number of benzene rings is 1. The number of carbonyl (C=O) groups is 1. The number of hydrogen-bond acceptors (Lipinski definition) is 3. The predicted octanol–water partition coefficient (Wildman–Crippen LogP) is 2.91. The molecule has 1 aromatic heterocycles. The number of nitrogens with zero attached hydrogens (tertiary/aromatic N) is 2. The van der Waals surface area contributed by atoms with Crippen LogP contribution >= 0.6 is 11.6 Å². The van der Waals surface area contributed by atoms with Crippen molar-refractivity contribution in [3.8, 4) is 0 Å². The number of amides is 1. The molecule has 94 valence electrons. The summed E-state index contributed by atoms with van der Waals surface area (Å²) in [5, 5.41) is 4.39. The van der Waals surface area contributed by atoms with Gasteiger partial charge in [-0.3, -0.25) is 4.79 Å². The number of aryl methyl sites for hydroxylation is 1. The van der Waals surface area contributed by atoms with Gasteiger partial charge in [0.25, 0.3) is 5.91 Å². The van der Waals surface area contributed by atoms with Crippen LogP contribution < -0.4 is 0 Å². The average molecular weight is 265 g/mol. The Balaban J connectivity index is 2.07. The quantitative estimate of drug-likeness (QED) is 0.856. The lowest BCUT2D eigenvalue weighted by molar-refractivity contribution is 0.0772. The van der Waals surface area contributed by atoms with Crippen LogP contribution in [0.4, 0.5) is 0 Å². The van der Waals surface area contributed by atoms with Crippen molar-refractivity contribution in [2.45, 2.75) is 13.5 Å². The lowest BCUT2D eigenvalue weighted by Crippen LogP contribution is -2.25. The van der Waals surface area contributed by atoms with Crippen molar-refractivity contribution in [2.24, 2.45) is 0 Å². The molecule has 18 heavy (non-hydrogen) atoms. The van der Waals surface area contributed by atoms with E-state index in [0.717, 1.165) is 5.69 Å². The van der Waals surface area contributed by atoms with Crippen LogP contribution in [0.15, 0.2) is 34.9 Å². The van der Waals surface area contributed by atoms with Crippen LogP contribution in [0.25, 0.3) is 0 Å². The third-order valence-corrected chi connectivity index (χ3v) is 2.76. The van der Waals surface area contributed by atoms with Gasteiger partial charge in [-0.1, -0.05) is 16.8 Å². The van der Waals surface area contributed by atoms with Crippen LogP contribution in [0.2, 0.25) is 5.02 Å². The number of aromatic nitrogens is 1. The largest absolute Gasteiger partial charge is 0.359 e. The highest BCUT2D eigenvalue weighted by atomic mass is 35.5. The molecule has 0 N–H and O–H groups in total. The predicted molar refractivity (Wildman–Crippen MR) is 68.5 cm³/mol. The highest BCUT2D eigenvalue weighted by Crippen LogP contribution is 2.13. The molecular formula is C13H13ClN2O2. The zero-order chi connectivity index (χ0) is 13.1. The Bertz CT molecular complexity index is 548. The van der Waals surface area contributed by atoms with Crippen LogP contribution in [0.5, 0.6) is 0 Å². The molecule has 4 nitrogen and oxygen atoms in total. The van der Waals surface area contributed by atoms with Gasteiger partial charge in [-0.2, -0.15) is 0 Å². The van der Waals surface area contributed by atoms with E-state index in [1.54, 1.807) is 36.2 Å². The van der Waals surface area contributed by atoms with E-state index >= 15 is 0 Å². The third kappa shape index (κ3) is 2.90. The fraction of sp³-hybridized carbons (Fsp3) is 0.231. The van der Waals surface area contributed by atoms with Gasteiger partial charge in [0.1, 0.15) is 0 Å². The fourth-order valence-corrected chi connectivity index (χ4v) is 1.74. The molecule has 1 aromatic carbocycles. The van der Waals surface area contributed by atoms with E-state index in [0.29, 0.717) is 22.9 Å². The van der Waals surface area contributed by atoms with Crippen LogP contribution in [0.1, 0.15) is 21.8 Å². The fourth-order valence-electron chi connectivity index (χ4n) is 1.61. The molecule has 5 heteroatoms. The van der Waals surface area contributed by atoms with Crippen molar-refractivity contribution in [2.75, 3.05) is 7.05 Å². The number of carbonyl (C=O) groups excluding carboxylic acids is 1. The van der Waals surface area contributed by atoms with Gasteiger partial charge in [0.15, 0.2) is 5.76 Å². The lowest BCUT2D eigenvalue weighted by Gasteiger charge is -2.15. The molecule has 0 aliphatic rings. The molecule has 0 unspecified atom stereocenters. The molecule has 0 bridgehead atoms. The van der Waals surface area contributed by atoms with Gasteiger partial charge in [0.2, 0.25) is 0 Å². The maximum atomic E-state index is 12.1. The summed E-state index contributed by atoms with van der Waals surface area (Å²) >= 11 is 5.78. The zero-order valence-electron chi connectivity index (χ0n) is 10.2. The molecular weight excluding hydrogens is 252 g/mol. The summed E-state index contributed by atoms with van der Waals surface area (Å²) in [4.78, 5) is 13.7. The van der Waals surface area contributed by atoms with E-state index in [4.69, 9.17) is 16.1 Å². The smallest absolute Gasteiger partial charge is 0.254 e. The Hall–Kier alpha value is -1.81. The van der Waals surface area contributed by atoms with Crippen molar-refractivity contribution >= 4 is 17.5 Å². The summed E-state index contributed by atoms with van der Waals surface area (Å²) in [5.74, 6) is 0.582. The standard InChI is InChI=1S/C13H13ClN2O2/c1-9-7-12(18-15-9)8-16(2)13(17)10-3-5-11(14)6-4-10/h3-7H,8H2,1-2H3. The Labute approximate surface area is 110 Å². The summed E-state index contributed by atoms with van der Waals surface area (Å²) in [6, 6.07) is 8.60. The molecule has 1 amide bonds. The highest BCUT2D eigenvalue weighted by Gasteiger charge is 2.13. The molecule has 0 atom stereocenters. The Kier molecular flexibility index (Phi) is 3.67. The molecule has 0 spiro atoms. The van der Waals surface area contributed by atoms with Crippen molar-refractivity contribution in [1.82, 2.24) is 10.1 Å². The molecule has 0 saturated carbocycles. The number of hydrogen-bond donors (Lipinski definition) is 0.